The highest BCUT2D eigenvalue weighted by Crippen LogP contribution is 2.57. The van der Waals surface area contributed by atoms with Crippen LogP contribution in [0.2, 0.25) is 0 Å². The van der Waals surface area contributed by atoms with Crippen LogP contribution in [0.5, 0.6) is 23.0 Å². The number of hydrogen-bond acceptors (Lipinski definition) is 4. The van der Waals surface area contributed by atoms with Crippen LogP contribution in [0.3, 0.4) is 0 Å². The van der Waals surface area contributed by atoms with Gasteiger partial charge in [-0.15, -0.1) is 0 Å². The molecule has 0 unspecified atom stereocenters. The molecule has 0 amide bonds. The van der Waals surface area contributed by atoms with Crippen LogP contribution in [0, 0.1) is 0 Å². The minimum Gasteiger partial charge on any atom is -0.504 e. The molecule has 2 N–H and O–H groups in total. The second-order valence-electron chi connectivity index (χ2n) is 7.61. The van der Waals surface area contributed by atoms with Crippen molar-refractivity contribution in [3.8, 4) is 34.1 Å². The molecule has 4 aromatic carbocycles. The zero-order valence-corrected chi connectivity index (χ0v) is 17.3. The average molecular weight is 410 g/mol. The Morgan fingerprint density at radius 1 is 0.581 bits per heavy atom. The molecule has 0 atom stereocenters. The van der Waals surface area contributed by atoms with Crippen molar-refractivity contribution in [1.82, 2.24) is 0 Å². The van der Waals surface area contributed by atoms with E-state index in [-0.39, 0.29) is 11.5 Å². The van der Waals surface area contributed by atoms with Gasteiger partial charge in [-0.3, -0.25) is 0 Å². The van der Waals surface area contributed by atoms with E-state index in [0.29, 0.717) is 11.5 Å². The Kier molecular flexibility index (Phi) is 4.36. The van der Waals surface area contributed by atoms with Crippen LogP contribution in [0.1, 0.15) is 22.3 Å². The number of phenols is 2. The molecule has 0 saturated carbocycles. The van der Waals surface area contributed by atoms with Gasteiger partial charge in [0.05, 0.1) is 19.6 Å². The standard InChI is InChI=1S/C27H22O4/c1-30-25-15-17(11-13-23(25)28)27(18-12-14-24(29)26(16-18)31-2)21-9-5-3-7-19(21)20-8-4-6-10-22(20)27/h3-16,28-29H,1-2H3. The van der Waals surface area contributed by atoms with Gasteiger partial charge in [-0.2, -0.15) is 0 Å². The van der Waals surface area contributed by atoms with Gasteiger partial charge in [0.15, 0.2) is 23.0 Å². The quantitative estimate of drug-likeness (QED) is 0.412. The summed E-state index contributed by atoms with van der Waals surface area (Å²) in [5, 5.41) is 20.5. The molecule has 154 valence electrons. The van der Waals surface area contributed by atoms with E-state index in [1.54, 1.807) is 26.4 Å². The third-order valence-electron chi connectivity index (χ3n) is 6.18. The molecule has 0 bridgehead atoms. The Bertz CT molecular complexity index is 1190. The van der Waals surface area contributed by atoms with E-state index in [1.165, 1.54) is 0 Å². The first kappa shape index (κ1) is 19.1. The zero-order chi connectivity index (χ0) is 21.6. The van der Waals surface area contributed by atoms with E-state index in [4.69, 9.17) is 9.47 Å². The zero-order valence-electron chi connectivity index (χ0n) is 17.3. The van der Waals surface area contributed by atoms with Crippen molar-refractivity contribution < 1.29 is 19.7 Å². The van der Waals surface area contributed by atoms with Crippen molar-refractivity contribution >= 4 is 0 Å². The van der Waals surface area contributed by atoms with Crippen LogP contribution in [0.15, 0.2) is 84.9 Å². The van der Waals surface area contributed by atoms with Crippen LogP contribution in [-0.2, 0) is 5.41 Å². The molecule has 4 nitrogen and oxygen atoms in total. The number of hydrogen-bond donors (Lipinski definition) is 2. The van der Waals surface area contributed by atoms with Gasteiger partial charge in [0.2, 0.25) is 0 Å². The van der Waals surface area contributed by atoms with Crippen molar-refractivity contribution in [2.24, 2.45) is 0 Å². The average Bonchev–Trinajstić information content (AvgIpc) is 3.11. The fraction of sp³-hybridized carbons (Fsp3) is 0.111. The monoisotopic (exact) mass is 410 g/mol. The number of fused-ring (bicyclic) bond motifs is 3. The molecule has 1 aliphatic rings. The molecule has 0 spiro atoms. The van der Waals surface area contributed by atoms with E-state index in [0.717, 1.165) is 33.4 Å². The SMILES string of the molecule is COc1cc(C2(c3ccc(O)c(OC)c3)c3ccccc3-c3ccccc32)ccc1O. The lowest BCUT2D eigenvalue weighted by molar-refractivity contribution is 0.371. The van der Waals surface area contributed by atoms with Crippen molar-refractivity contribution in [2.75, 3.05) is 14.2 Å². The molecule has 0 aliphatic heterocycles. The van der Waals surface area contributed by atoms with Gasteiger partial charge in [-0.05, 0) is 57.6 Å². The lowest BCUT2D eigenvalue weighted by Gasteiger charge is -2.34. The van der Waals surface area contributed by atoms with Crippen molar-refractivity contribution in [2.45, 2.75) is 5.41 Å². The summed E-state index contributed by atoms with van der Waals surface area (Å²) in [5.74, 6) is 0.988. The molecular weight excluding hydrogens is 388 g/mol. The largest absolute Gasteiger partial charge is 0.504 e. The van der Waals surface area contributed by atoms with E-state index < -0.39 is 5.41 Å². The maximum Gasteiger partial charge on any atom is 0.160 e. The van der Waals surface area contributed by atoms with Crippen LogP contribution in [-0.4, -0.2) is 24.4 Å². The summed E-state index contributed by atoms with van der Waals surface area (Å²) in [7, 11) is 3.09. The highest BCUT2D eigenvalue weighted by Gasteiger charge is 2.46. The predicted octanol–water partition coefficient (Wildman–Crippen LogP) is 5.48. The van der Waals surface area contributed by atoms with Gasteiger partial charge in [0.1, 0.15) is 0 Å². The summed E-state index contributed by atoms with van der Waals surface area (Å²) in [5.41, 5.74) is 5.78. The summed E-state index contributed by atoms with van der Waals surface area (Å²) in [4.78, 5) is 0. The minimum atomic E-state index is -0.671. The Hall–Kier alpha value is -3.92. The van der Waals surface area contributed by atoms with Gasteiger partial charge < -0.3 is 19.7 Å². The van der Waals surface area contributed by atoms with Crippen LogP contribution >= 0.6 is 0 Å². The summed E-state index contributed by atoms with van der Waals surface area (Å²) < 4.78 is 10.9. The highest BCUT2D eigenvalue weighted by molar-refractivity contribution is 5.86. The first-order valence-corrected chi connectivity index (χ1v) is 10.1. The third kappa shape index (κ3) is 2.61. The van der Waals surface area contributed by atoms with Crippen molar-refractivity contribution in [3.63, 3.8) is 0 Å². The third-order valence-corrected chi connectivity index (χ3v) is 6.18. The number of phenolic OH excluding ortho intramolecular Hbond substituents is 2. The van der Waals surface area contributed by atoms with E-state index in [9.17, 15) is 10.2 Å². The van der Waals surface area contributed by atoms with Crippen LogP contribution < -0.4 is 9.47 Å². The molecule has 4 aromatic rings. The summed E-state index contributed by atoms with van der Waals surface area (Å²) in [6.07, 6.45) is 0. The summed E-state index contributed by atoms with van der Waals surface area (Å²) in [6.45, 7) is 0. The van der Waals surface area contributed by atoms with Crippen molar-refractivity contribution in [1.29, 1.82) is 0 Å². The highest BCUT2D eigenvalue weighted by atomic mass is 16.5. The molecule has 0 aromatic heterocycles. The smallest absolute Gasteiger partial charge is 0.160 e. The van der Waals surface area contributed by atoms with Crippen molar-refractivity contribution in [3.05, 3.63) is 107 Å². The van der Waals surface area contributed by atoms with Gasteiger partial charge in [-0.25, -0.2) is 0 Å². The van der Waals surface area contributed by atoms with Gasteiger partial charge in [0, 0.05) is 0 Å². The lowest BCUT2D eigenvalue weighted by atomic mass is 9.67. The maximum absolute atomic E-state index is 10.3. The number of ether oxygens (including phenoxy) is 2. The lowest BCUT2D eigenvalue weighted by Crippen LogP contribution is -2.28. The Balaban J connectivity index is 1.95. The molecule has 1 aliphatic carbocycles. The molecule has 0 saturated heterocycles. The molecule has 0 heterocycles. The summed E-state index contributed by atoms with van der Waals surface area (Å²) >= 11 is 0. The van der Waals surface area contributed by atoms with Crippen LogP contribution in [0.4, 0.5) is 0 Å². The second-order valence-corrected chi connectivity index (χ2v) is 7.61. The molecule has 31 heavy (non-hydrogen) atoms. The molecule has 0 radical (unpaired) electrons. The summed E-state index contributed by atoms with van der Waals surface area (Å²) in [6, 6.07) is 27.6. The number of aromatic hydroxyl groups is 2. The normalized spacial score (nSPS) is 13.4. The van der Waals surface area contributed by atoms with Crippen LogP contribution in [0.25, 0.3) is 11.1 Å². The van der Waals surface area contributed by atoms with E-state index >= 15 is 0 Å². The number of methoxy groups -OCH3 is 2. The molecular formula is C27H22O4. The first-order valence-electron chi connectivity index (χ1n) is 10.1. The van der Waals surface area contributed by atoms with E-state index in [1.807, 2.05) is 48.5 Å². The fourth-order valence-corrected chi connectivity index (χ4v) is 4.85. The van der Waals surface area contributed by atoms with Gasteiger partial charge in [0.25, 0.3) is 0 Å². The van der Waals surface area contributed by atoms with E-state index in [2.05, 4.69) is 24.3 Å². The Labute approximate surface area is 181 Å². The number of benzene rings is 4. The first-order chi connectivity index (χ1) is 15.1. The number of rotatable bonds is 4. The van der Waals surface area contributed by atoms with Gasteiger partial charge >= 0.3 is 0 Å². The second kappa shape index (κ2) is 7.10. The molecule has 0 fully saturated rings. The topological polar surface area (TPSA) is 58.9 Å². The fourth-order valence-electron chi connectivity index (χ4n) is 4.85. The maximum atomic E-state index is 10.3. The molecule has 5 rings (SSSR count). The predicted molar refractivity (Wildman–Crippen MR) is 120 cm³/mol. The minimum absolute atomic E-state index is 0.0873. The Morgan fingerprint density at radius 3 is 1.42 bits per heavy atom. The Morgan fingerprint density at radius 2 is 1.00 bits per heavy atom. The van der Waals surface area contributed by atoms with Gasteiger partial charge in [-0.1, -0.05) is 60.7 Å². The molecule has 4 heteroatoms.